The Bertz CT molecular complexity index is 602. The number of anilines is 1. The Morgan fingerprint density at radius 2 is 2.04 bits per heavy atom. The number of methoxy groups -OCH3 is 1. The molecule has 1 aromatic rings. The maximum absolute atomic E-state index is 12.5. The topological polar surface area (TPSA) is 61.9 Å². The summed E-state index contributed by atoms with van der Waals surface area (Å²) in [5.41, 5.74) is 1.04. The van der Waals surface area contributed by atoms with Crippen molar-refractivity contribution in [1.82, 2.24) is 9.80 Å². The smallest absolute Gasteiger partial charge is 0.224 e. The molecule has 25 heavy (non-hydrogen) atoms. The van der Waals surface area contributed by atoms with E-state index >= 15 is 0 Å². The molecule has 2 saturated heterocycles. The molecule has 2 amide bonds. The fourth-order valence-electron chi connectivity index (χ4n) is 3.57. The van der Waals surface area contributed by atoms with Gasteiger partial charge in [0.2, 0.25) is 11.8 Å². The van der Waals surface area contributed by atoms with E-state index in [1.54, 1.807) is 7.11 Å². The maximum Gasteiger partial charge on any atom is 0.224 e. The van der Waals surface area contributed by atoms with Gasteiger partial charge >= 0.3 is 0 Å². The molecule has 1 aromatic carbocycles. The molecule has 3 rings (SSSR count). The van der Waals surface area contributed by atoms with Gasteiger partial charge < -0.3 is 19.9 Å². The Kier molecular flexibility index (Phi) is 5.79. The van der Waals surface area contributed by atoms with Crippen molar-refractivity contribution < 1.29 is 14.3 Å². The minimum atomic E-state index is 0.154. The fraction of sp³-hybridized carbons (Fsp3) is 0.579. The summed E-state index contributed by atoms with van der Waals surface area (Å²) in [6, 6.07) is 8.12. The average Bonchev–Trinajstić information content (AvgIpc) is 3.05. The van der Waals surface area contributed by atoms with Gasteiger partial charge in [0.15, 0.2) is 0 Å². The highest BCUT2D eigenvalue weighted by atomic mass is 16.5. The molecule has 0 saturated carbocycles. The number of hydrogen-bond acceptors (Lipinski definition) is 4. The summed E-state index contributed by atoms with van der Waals surface area (Å²) < 4.78 is 5.18. The number of carbonyl (C=O) groups excluding carboxylic acids is 2. The van der Waals surface area contributed by atoms with Gasteiger partial charge in [0.25, 0.3) is 0 Å². The van der Waals surface area contributed by atoms with Crippen LogP contribution in [-0.4, -0.2) is 60.9 Å². The lowest BCUT2D eigenvalue weighted by Gasteiger charge is -2.34. The van der Waals surface area contributed by atoms with Crippen LogP contribution >= 0.6 is 0 Å². The molecule has 0 bridgehead atoms. The van der Waals surface area contributed by atoms with Crippen molar-refractivity contribution in [1.29, 1.82) is 0 Å². The number of likely N-dealkylation sites (tertiary alicyclic amines) is 2. The number of nitrogens with one attached hydrogen (secondary N) is 1. The SMILES string of the molecule is COc1ccc(N[C@@H]2CCCN(C(=O)CCN3CCCC3=O)C2)cc1. The Balaban J connectivity index is 1.48. The lowest BCUT2D eigenvalue weighted by atomic mass is 10.0. The second kappa shape index (κ2) is 8.23. The molecule has 136 valence electrons. The van der Waals surface area contributed by atoms with Gasteiger partial charge in [-0.2, -0.15) is 0 Å². The van der Waals surface area contributed by atoms with Crippen LogP contribution < -0.4 is 10.1 Å². The summed E-state index contributed by atoms with van der Waals surface area (Å²) in [4.78, 5) is 27.9. The predicted molar refractivity (Wildman–Crippen MR) is 96.6 cm³/mol. The van der Waals surface area contributed by atoms with Crippen LogP contribution in [0.25, 0.3) is 0 Å². The minimum absolute atomic E-state index is 0.154. The third-order valence-corrected chi connectivity index (χ3v) is 5.00. The quantitative estimate of drug-likeness (QED) is 0.858. The molecule has 0 aromatic heterocycles. The molecule has 2 aliphatic rings. The van der Waals surface area contributed by atoms with Crippen molar-refractivity contribution in [2.75, 3.05) is 38.6 Å². The first-order chi connectivity index (χ1) is 12.2. The number of benzene rings is 1. The van der Waals surface area contributed by atoms with Gasteiger partial charge in [0.1, 0.15) is 5.75 Å². The van der Waals surface area contributed by atoms with Crippen LogP contribution in [0.2, 0.25) is 0 Å². The van der Waals surface area contributed by atoms with Crippen molar-refractivity contribution in [3.05, 3.63) is 24.3 Å². The Morgan fingerprint density at radius 1 is 1.24 bits per heavy atom. The molecule has 2 aliphatic heterocycles. The fourth-order valence-corrected chi connectivity index (χ4v) is 3.57. The van der Waals surface area contributed by atoms with E-state index in [-0.39, 0.29) is 17.9 Å². The van der Waals surface area contributed by atoms with Gasteiger partial charge in [-0.15, -0.1) is 0 Å². The first kappa shape index (κ1) is 17.6. The molecule has 6 nitrogen and oxygen atoms in total. The predicted octanol–water partition coefficient (Wildman–Crippen LogP) is 2.11. The zero-order valence-electron chi connectivity index (χ0n) is 14.9. The molecule has 2 fully saturated rings. The van der Waals surface area contributed by atoms with Crippen LogP contribution in [0.15, 0.2) is 24.3 Å². The summed E-state index contributed by atoms with van der Waals surface area (Å²) in [5, 5.41) is 3.51. The van der Waals surface area contributed by atoms with Crippen LogP contribution in [0, 0.1) is 0 Å². The van der Waals surface area contributed by atoms with E-state index in [0.29, 0.717) is 19.4 Å². The number of piperidine rings is 1. The van der Waals surface area contributed by atoms with E-state index in [2.05, 4.69) is 5.32 Å². The van der Waals surface area contributed by atoms with Crippen molar-refractivity contribution in [2.45, 2.75) is 38.1 Å². The molecule has 0 spiro atoms. The molecular weight excluding hydrogens is 318 g/mol. The Labute approximate surface area is 149 Å². The number of nitrogens with zero attached hydrogens (tertiary/aromatic N) is 2. The zero-order chi connectivity index (χ0) is 17.6. The number of rotatable bonds is 6. The highest BCUT2D eigenvalue weighted by molar-refractivity contribution is 5.80. The van der Waals surface area contributed by atoms with E-state index in [9.17, 15) is 9.59 Å². The molecule has 2 heterocycles. The average molecular weight is 345 g/mol. The molecule has 0 radical (unpaired) electrons. The van der Waals surface area contributed by atoms with Crippen LogP contribution in [-0.2, 0) is 9.59 Å². The molecule has 1 atom stereocenters. The molecule has 0 unspecified atom stereocenters. The van der Waals surface area contributed by atoms with Crippen LogP contribution in [0.3, 0.4) is 0 Å². The highest BCUT2D eigenvalue weighted by Crippen LogP contribution is 2.20. The summed E-state index contributed by atoms with van der Waals surface area (Å²) in [6.45, 7) is 2.89. The second-order valence-electron chi connectivity index (χ2n) is 6.79. The van der Waals surface area contributed by atoms with Gasteiger partial charge in [-0.3, -0.25) is 9.59 Å². The summed E-state index contributed by atoms with van der Waals surface area (Å²) >= 11 is 0. The summed E-state index contributed by atoms with van der Waals surface area (Å²) in [5.74, 6) is 1.17. The van der Waals surface area contributed by atoms with Crippen LogP contribution in [0.1, 0.15) is 32.1 Å². The standard InChI is InChI=1S/C19H27N3O3/c1-25-17-8-6-15(7-9-17)20-16-4-2-12-22(14-16)19(24)10-13-21-11-3-5-18(21)23/h6-9,16,20H,2-5,10-14H2,1H3/t16-/m1/s1. The number of carbonyl (C=O) groups is 2. The number of hydrogen-bond donors (Lipinski definition) is 1. The summed E-state index contributed by atoms with van der Waals surface area (Å²) in [6.07, 6.45) is 4.04. The van der Waals surface area contributed by atoms with Crippen LogP contribution in [0.5, 0.6) is 5.75 Å². The van der Waals surface area contributed by atoms with Crippen molar-refractivity contribution in [3.63, 3.8) is 0 Å². The molecule has 6 heteroatoms. The minimum Gasteiger partial charge on any atom is -0.497 e. The number of amides is 2. The van der Waals surface area contributed by atoms with Crippen molar-refractivity contribution in [2.24, 2.45) is 0 Å². The van der Waals surface area contributed by atoms with E-state index in [0.717, 1.165) is 50.3 Å². The lowest BCUT2D eigenvalue weighted by Crippen LogP contribution is -2.46. The normalized spacial score (nSPS) is 20.7. The van der Waals surface area contributed by atoms with Gasteiger partial charge in [-0.25, -0.2) is 0 Å². The molecule has 0 aliphatic carbocycles. The van der Waals surface area contributed by atoms with Gasteiger partial charge in [0, 0.05) is 50.7 Å². The first-order valence-corrected chi connectivity index (χ1v) is 9.12. The lowest BCUT2D eigenvalue weighted by molar-refractivity contribution is -0.133. The second-order valence-corrected chi connectivity index (χ2v) is 6.79. The third-order valence-electron chi connectivity index (χ3n) is 5.00. The van der Waals surface area contributed by atoms with Crippen molar-refractivity contribution in [3.8, 4) is 5.75 Å². The number of ether oxygens (including phenoxy) is 1. The van der Waals surface area contributed by atoms with E-state index in [1.807, 2.05) is 34.1 Å². The third kappa shape index (κ3) is 4.65. The zero-order valence-corrected chi connectivity index (χ0v) is 14.9. The largest absolute Gasteiger partial charge is 0.497 e. The molecular formula is C19H27N3O3. The van der Waals surface area contributed by atoms with Gasteiger partial charge in [0.05, 0.1) is 7.11 Å². The van der Waals surface area contributed by atoms with Crippen LogP contribution in [0.4, 0.5) is 5.69 Å². The van der Waals surface area contributed by atoms with E-state index in [4.69, 9.17) is 4.74 Å². The first-order valence-electron chi connectivity index (χ1n) is 9.12. The highest BCUT2D eigenvalue weighted by Gasteiger charge is 2.25. The monoisotopic (exact) mass is 345 g/mol. The maximum atomic E-state index is 12.5. The van der Waals surface area contributed by atoms with Crippen molar-refractivity contribution >= 4 is 17.5 Å². The Hall–Kier alpha value is -2.24. The van der Waals surface area contributed by atoms with E-state index in [1.165, 1.54) is 0 Å². The summed E-state index contributed by atoms with van der Waals surface area (Å²) in [7, 11) is 1.66. The van der Waals surface area contributed by atoms with Gasteiger partial charge in [-0.05, 0) is 43.5 Å². The van der Waals surface area contributed by atoms with Gasteiger partial charge in [-0.1, -0.05) is 0 Å². The molecule has 1 N–H and O–H groups in total. The Morgan fingerprint density at radius 3 is 2.72 bits per heavy atom. The van der Waals surface area contributed by atoms with E-state index < -0.39 is 0 Å².